The maximum atomic E-state index is 12.3. The number of terminal acetylenes is 1. The maximum absolute atomic E-state index is 12.3. The van der Waals surface area contributed by atoms with Crippen LogP contribution in [-0.4, -0.2) is 15.0 Å². The predicted molar refractivity (Wildman–Crippen MR) is 64.4 cm³/mol. The van der Waals surface area contributed by atoms with Gasteiger partial charge in [-0.15, -0.1) is 16.2 Å². The van der Waals surface area contributed by atoms with Gasteiger partial charge in [0.05, 0.1) is 12.0 Å². The Hall–Kier alpha value is -1.80. The third kappa shape index (κ3) is 5.73. The molecule has 90 valence electrons. The van der Waals surface area contributed by atoms with E-state index in [1.54, 1.807) is 24.3 Å². The second kappa shape index (κ2) is 6.06. The van der Waals surface area contributed by atoms with Crippen molar-refractivity contribution in [2.45, 2.75) is 6.42 Å². The van der Waals surface area contributed by atoms with Crippen LogP contribution in [0.15, 0.2) is 29.7 Å². The van der Waals surface area contributed by atoms with Crippen LogP contribution >= 0.6 is 0 Å². The van der Waals surface area contributed by atoms with Gasteiger partial charge in [-0.3, -0.25) is 0 Å². The number of hydrogen-bond donors (Lipinski definition) is 0. The van der Waals surface area contributed by atoms with Crippen LogP contribution in [0.4, 0.5) is 3.89 Å². The number of rotatable bonds is 5. The molecule has 0 atom stereocenters. The number of ether oxygens (including phenoxy) is 1. The van der Waals surface area contributed by atoms with Gasteiger partial charge in [0, 0.05) is 6.42 Å². The lowest BCUT2D eigenvalue weighted by atomic mass is 10.2. The number of hydrogen-bond acceptors (Lipinski definition) is 3. The lowest BCUT2D eigenvalue weighted by Gasteiger charge is -2.04. The van der Waals surface area contributed by atoms with Crippen molar-refractivity contribution < 1.29 is 17.0 Å². The molecular weight excluding hydrogens is 243 g/mol. The molecule has 0 aliphatic heterocycles. The highest BCUT2D eigenvalue weighted by Crippen LogP contribution is 2.15. The van der Waals surface area contributed by atoms with Gasteiger partial charge in [-0.25, -0.2) is 0 Å². The average molecular weight is 254 g/mol. The van der Waals surface area contributed by atoms with E-state index in [-0.39, 0.29) is 0 Å². The molecule has 1 aromatic rings. The van der Waals surface area contributed by atoms with Crippen molar-refractivity contribution >= 4 is 16.3 Å². The van der Waals surface area contributed by atoms with Gasteiger partial charge in [-0.05, 0) is 23.8 Å². The molecule has 1 aromatic carbocycles. The number of benzene rings is 1. The summed E-state index contributed by atoms with van der Waals surface area (Å²) < 4.78 is 38.1. The number of halogens is 1. The summed E-state index contributed by atoms with van der Waals surface area (Å²) in [5.74, 6) is 2.98. The second-order valence-corrected chi connectivity index (χ2v) is 4.38. The summed E-state index contributed by atoms with van der Waals surface area (Å²) in [6.07, 6.45) is 6.71. The molecule has 0 aliphatic carbocycles. The lowest BCUT2D eigenvalue weighted by molar-refractivity contribution is 0.327. The largest absolute Gasteiger partial charge is 0.493 e. The van der Waals surface area contributed by atoms with Gasteiger partial charge in [-0.2, -0.15) is 8.42 Å². The van der Waals surface area contributed by atoms with Gasteiger partial charge in [0.25, 0.3) is 0 Å². The molecule has 5 heteroatoms. The fourth-order valence-corrected chi connectivity index (χ4v) is 1.42. The first-order valence-corrected chi connectivity index (χ1v) is 6.25. The van der Waals surface area contributed by atoms with Crippen LogP contribution in [0, 0.1) is 12.3 Å². The van der Waals surface area contributed by atoms with Gasteiger partial charge in [0.15, 0.2) is 0 Å². The molecule has 0 unspecified atom stereocenters. The van der Waals surface area contributed by atoms with Crippen LogP contribution in [0.2, 0.25) is 0 Å². The molecule has 0 bridgehead atoms. The van der Waals surface area contributed by atoms with E-state index in [9.17, 15) is 12.3 Å². The molecule has 0 aliphatic rings. The van der Waals surface area contributed by atoms with Crippen molar-refractivity contribution in [2.75, 3.05) is 6.61 Å². The van der Waals surface area contributed by atoms with Crippen LogP contribution in [0.5, 0.6) is 5.75 Å². The molecule has 3 nitrogen and oxygen atoms in total. The Labute approximate surface area is 100 Å². The van der Waals surface area contributed by atoms with Gasteiger partial charge >= 0.3 is 10.2 Å². The Balaban J connectivity index is 2.73. The molecule has 0 saturated carbocycles. The van der Waals surface area contributed by atoms with E-state index in [2.05, 4.69) is 5.92 Å². The zero-order chi connectivity index (χ0) is 12.7. The van der Waals surface area contributed by atoms with Crippen LogP contribution in [0.1, 0.15) is 12.0 Å². The van der Waals surface area contributed by atoms with E-state index in [0.29, 0.717) is 29.7 Å². The SMILES string of the molecule is C#CCCOc1cccc(/C=C/S(=O)(=O)F)c1. The maximum Gasteiger partial charge on any atom is 0.325 e. The molecule has 0 amide bonds. The van der Waals surface area contributed by atoms with E-state index in [0.717, 1.165) is 6.08 Å². The molecular formula is C12H11FO3S. The van der Waals surface area contributed by atoms with Crippen LogP contribution < -0.4 is 4.74 Å². The van der Waals surface area contributed by atoms with Crippen LogP contribution in [-0.2, 0) is 10.2 Å². The van der Waals surface area contributed by atoms with Crippen LogP contribution in [0.25, 0.3) is 6.08 Å². The second-order valence-electron chi connectivity index (χ2n) is 3.15. The molecule has 0 saturated heterocycles. The van der Waals surface area contributed by atoms with E-state index in [4.69, 9.17) is 11.2 Å². The summed E-state index contributed by atoms with van der Waals surface area (Å²) in [5, 5.41) is 0.494. The summed E-state index contributed by atoms with van der Waals surface area (Å²) in [5.41, 5.74) is 0.532. The first-order chi connectivity index (χ1) is 8.01. The van der Waals surface area contributed by atoms with E-state index >= 15 is 0 Å². The summed E-state index contributed by atoms with van der Waals surface area (Å²) in [7, 11) is -4.60. The fourth-order valence-electron chi connectivity index (χ4n) is 1.10. The molecule has 0 aromatic heterocycles. The summed E-state index contributed by atoms with van der Waals surface area (Å²) in [6, 6.07) is 6.61. The molecule has 17 heavy (non-hydrogen) atoms. The minimum absolute atomic E-state index is 0.380. The fraction of sp³-hybridized carbons (Fsp3) is 0.167. The quantitative estimate of drug-likeness (QED) is 0.460. The van der Waals surface area contributed by atoms with Gasteiger partial charge in [0.2, 0.25) is 0 Å². The Morgan fingerprint density at radius 1 is 1.47 bits per heavy atom. The third-order valence-electron chi connectivity index (χ3n) is 1.80. The van der Waals surface area contributed by atoms with Crippen molar-refractivity contribution in [1.29, 1.82) is 0 Å². The molecule has 0 N–H and O–H groups in total. The van der Waals surface area contributed by atoms with Gasteiger partial charge in [0.1, 0.15) is 5.75 Å². The zero-order valence-corrected chi connectivity index (χ0v) is 9.78. The van der Waals surface area contributed by atoms with E-state index < -0.39 is 10.2 Å². The molecule has 1 rings (SSSR count). The van der Waals surface area contributed by atoms with E-state index in [1.807, 2.05) is 0 Å². The summed E-state index contributed by atoms with van der Waals surface area (Å²) >= 11 is 0. The topological polar surface area (TPSA) is 43.4 Å². The van der Waals surface area contributed by atoms with E-state index in [1.165, 1.54) is 0 Å². The molecule has 0 heterocycles. The van der Waals surface area contributed by atoms with Crippen molar-refractivity contribution in [2.24, 2.45) is 0 Å². The predicted octanol–water partition coefficient (Wildman–Crippen LogP) is 2.36. The summed E-state index contributed by atoms with van der Waals surface area (Å²) in [4.78, 5) is 0. The Morgan fingerprint density at radius 3 is 2.88 bits per heavy atom. The lowest BCUT2D eigenvalue weighted by Crippen LogP contribution is -1.95. The Bertz CT molecular complexity index is 541. The zero-order valence-electron chi connectivity index (χ0n) is 8.97. The van der Waals surface area contributed by atoms with Gasteiger partial charge < -0.3 is 4.74 Å². The van der Waals surface area contributed by atoms with Crippen molar-refractivity contribution in [3.63, 3.8) is 0 Å². The molecule has 0 spiro atoms. The Kier molecular flexibility index (Phi) is 4.73. The first-order valence-electron chi connectivity index (χ1n) is 4.80. The summed E-state index contributed by atoms with van der Waals surface area (Å²) in [6.45, 7) is 0.380. The monoisotopic (exact) mass is 254 g/mol. The van der Waals surface area contributed by atoms with Crippen molar-refractivity contribution in [3.05, 3.63) is 35.2 Å². The highest BCUT2D eigenvalue weighted by Gasteiger charge is 1.99. The first kappa shape index (κ1) is 13.3. The van der Waals surface area contributed by atoms with Crippen molar-refractivity contribution in [3.8, 4) is 18.1 Å². The highest BCUT2D eigenvalue weighted by atomic mass is 32.3. The van der Waals surface area contributed by atoms with Gasteiger partial charge in [-0.1, -0.05) is 12.1 Å². The smallest absolute Gasteiger partial charge is 0.325 e. The molecule has 0 radical (unpaired) electrons. The Morgan fingerprint density at radius 2 is 2.24 bits per heavy atom. The van der Waals surface area contributed by atoms with Crippen LogP contribution in [0.3, 0.4) is 0 Å². The normalized spacial score (nSPS) is 11.3. The highest BCUT2D eigenvalue weighted by molar-refractivity contribution is 7.89. The third-order valence-corrected chi connectivity index (χ3v) is 2.26. The average Bonchev–Trinajstić information content (AvgIpc) is 2.27. The van der Waals surface area contributed by atoms with Crippen molar-refractivity contribution in [1.82, 2.24) is 0 Å². The minimum atomic E-state index is -4.60. The molecule has 0 fully saturated rings. The standard InChI is InChI=1S/C12H11FO3S/c1-2-3-8-16-12-6-4-5-11(10-12)7-9-17(13,14)15/h1,4-7,9-10H,3,8H2/b9-7+. The minimum Gasteiger partial charge on any atom is -0.493 e.